The molecule has 1 aliphatic carbocycles. The minimum absolute atomic E-state index is 0.0294. The summed E-state index contributed by atoms with van der Waals surface area (Å²) in [7, 11) is 0. The maximum atomic E-state index is 13.3. The molecule has 0 bridgehead atoms. The Morgan fingerprint density at radius 1 is 1.53 bits per heavy atom. The summed E-state index contributed by atoms with van der Waals surface area (Å²) < 4.78 is 26.6. The van der Waals surface area contributed by atoms with Crippen molar-refractivity contribution in [2.24, 2.45) is 5.92 Å². The van der Waals surface area contributed by atoms with Gasteiger partial charge in [-0.2, -0.15) is 0 Å². The molecule has 2 rings (SSSR count). The first-order valence-electron chi connectivity index (χ1n) is 6.19. The highest BCUT2D eigenvalue weighted by Crippen LogP contribution is 2.45. The van der Waals surface area contributed by atoms with Gasteiger partial charge in [0.05, 0.1) is 0 Å². The lowest BCUT2D eigenvalue weighted by molar-refractivity contribution is 0.00335. The first-order chi connectivity index (χ1) is 8.02. The Bertz CT molecular complexity index is 375. The fourth-order valence-corrected chi connectivity index (χ4v) is 3.66. The third-order valence-electron chi connectivity index (χ3n) is 3.40. The minimum atomic E-state index is -2.45. The van der Waals surface area contributed by atoms with Gasteiger partial charge in [0.25, 0.3) is 0 Å². The summed E-state index contributed by atoms with van der Waals surface area (Å²) in [6.45, 7) is 4.91. The molecule has 17 heavy (non-hydrogen) atoms. The van der Waals surface area contributed by atoms with E-state index in [2.05, 4.69) is 24.4 Å². The van der Waals surface area contributed by atoms with Crippen molar-refractivity contribution in [1.82, 2.24) is 5.32 Å². The van der Waals surface area contributed by atoms with Crippen molar-refractivity contribution in [2.75, 3.05) is 6.54 Å². The van der Waals surface area contributed by atoms with E-state index >= 15 is 0 Å². The maximum absolute atomic E-state index is 13.3. The van der Waals surface area contributed by atoms with Crippen molar-refractivity contribution >= 4 is 11.3 Å². The summed E-state index contributed by atoms with van der Waals surface area (Å²) in [5.74, 6) is -2.38. The fraction of sp³-hybridized carbons (Fsp3) is 0.692. The van der Waals surface area contributed by atoms with E-state index in [4.69, 9.17) is 0 Å². The Labute approximate surface area is 105 Å². The molecule has 2 unspecified atom stereocenters. The van der Waals surface area contributed by atoms with Gasteiger partial charge < -0.3 is 5.32 Å². The predicted molar refractivity (Wildman–Crippen MR) is 67.8 cm³/mol. The van der Waals surface area contributed by atoms with Gasteiger partial charge in [0.2, 0.25) is 5.92 Å². The van der Waals surface area contributed by atoms with E-state index in [9.17, 15) is 8.78 Å². The molecule has 1 aromatic heterocycles. The van der Waals surface area contributed by atoms with Gasteiger partial charge in [-0.15, -0.1) is 11.3 Å². The SMILES string of the molecule is CCNC(c1ccc(C)s1)C1CCC(F)(F)C1. The molecule has 1 N–H and O–H groups in total. The van der Waals surface area contributed by atoms with Crippen molar-refractivity contribution in [3.05, 3.63) is 21.9 Å². The van der Waals surface area contributed by atoms with E-state index in [0.29, 0.717) is 6.42 Å². The lowest BCUT2D eigenvalue weighted by Gasteiger charge is -2.23. The lowest BCUT2D eigenvalue weighted by atomic mass is 9.96. The van der Waals surface area contributed by atoms with Gasteiger partial charge in [-0.05, 0) is 37.9 Å². The van der Waals surface area contributed by atoms with Crippen molar-refractivity contribution < 1.29 is 8.78 Å². The molecule has 1 aliphatic rings. The summed E-state index contributed by atoms with van der Waals surface area (Å²) in [5, 5.41) is 3.37. The van der Waals surface area contributed by atoms with Crippen molar-refractivity contribution in [3.8, 4) is 0 Å². The quantitative estimate of drug-likeness (QED) is 0.856. The number of rotatable bonds is 4. The summed E-state index contributed by atoms with van der Waals surface area (Å²) >= 11 is 1.72. The third-order valence-corrected chi connectivity index (χ3v) is 4.49. The molecule has 1 heterocycles. The van der Waals surface area contributed by atoms with Crippen LogP contribution in [-0.2, 0) is 0 Å². The number of halogens is 2. The van der Waals surface area contributed by atoms with Gasteiger partial charge >= 0.3 is 0 Å². The van der Waals surface area contributed by atoms with Crippen LogP contribution in [-0.4, -0.2) is 12.5 Å². The van der Waals surface area contributed by atoms with Gasteiger partial charge in [-0.25, -0.2) is 8.78 Å². The molecule has 1 saturated carbocycles. The van der Waals surface area contributed by atoms with Crippen molar-refractivity contribution in [3.63, 3.8) is 0 Å². The van der Waals surface area contributed by atoms with Gasteiger partial charge in [0, 0.05) is 28.6 Å². The second-order valence-corrected chi connectivity index (χ2v) is 6.16. The first-order valence-corrected chi connectivity index (χ1v) is 7.01. The number of hydrogen-bond acceptors (Lipinski definition) is 2. The summed E-state index contributed by atoms with van der Waals surface area (Å²) in [6.07, 6.45) is 0.702. The maximum Gasteiger partial charge on any atom is 0.248 e. The van der Waals surface area contributed by atoms with Crippen LogP contribution >= 0.6 is 11.3 Å². The molecule has 0 aliphatic heterocycles. The van der Waals surface area contributed by atoms with Gasteiger partial charge in [0.1, 0.15) is 0 Å². The molecule has 0 radical (unpaired) electrons. The van der Waals surface area contributed by atoms with Crippen LogP contribution < -0.4 is 5.32 Å². The zero-order valence-electron chi connectivity index (χ0n) is 10.3. The Morgan fingerprint density at radius 2 is 2.29 bits per heavy atom. The monoisotopic (exact) mass is 259 g/mol. The number of aryl methyl sites for hydroxylation is 1. The summed E-state index contributed by atoms with van der Waals surface area (Å²) in [4.78, 5) is 2.44. The van der Waals surface area contributed by atoms with E-state index in [0.717, 1.165) is 6.54 Å². The van der Waals surface area contributed by atoms with Crippen molar-refractivity contribution in [2.45, 2.75) is 45.1 Å². The summed E-state index contributed by atoms with van der Waals surface area (Å²) in [5.41, 5.74) is 0. The van der Waals surface area contributed by atoms with Crippen LogP contribution in [0.3, 0.4) is 0 Å². The predicted octanol–water partition coefficient (Wildman–Crippen LogP) is 4.14. The van der Waals surface area contributed by atoms with Crippen molar-refractivity contribution in [1.29, 1.82) is 0 Å². The van der Waals surface area contributed by atoms with E-state index in [1.807, 2.05) is 6.92 Å². The van der Waals surface area contributed by atoms with Gasteiger partial charge in [0.15, 0.2) is 0 Å². The Hall–Kier alpha value is -0.480. The van der Waals surface area contributed by atoms with Crippen LogP contribution in [0.5, 0.6) is 0 Å². The van der Waals surface area contributed by atoms with Crippen LogP contribution in [0, 0.1) is 12.8 Å². The van der Waals surface area contributed by atoms with Crippen LogP contribution in [0.1, 0.15) is 42.0 Å². The molecule has 1 nitrogen and oxygen atoms in total. The van der Waals surface area contributed by atoms with E-state index < -0.39 is 5.92 Å². The summed E-state index contributed by atoms with van der Waals surface area (Å²) in [6, 6.07) is 4.24. The zero-order valence-corrected chi connectivity index (χ0v) is 11.1. The average molecular weight is 259 g/mol. The Morgan fingerprint density at radius 3 is 2.76 bits per heavy atom. The number of thiophene rings is 1. The Kier molecular flexibility index (Phi) is 3.83. The largest absolute Gasteiger partial charge is 0.309 e. The van der Waals surface area contributed by atoms with Crippen LogP contribution in [0.4, 0.5) is 8.78 Å². The first kappa shape index (κ1) is 13.0. The van der Waals surface area contributed by atoms with Crippen LogP contribution in [0.25, 0.3) is 0 Å². The zero-order chi connectivity index (χ0) is 12.5. The van der Waals surface area contributed by atoms with Gasteiger partial charge in [-0.3, -0.25) is 0 Å². The van der Waals surface area contributed by atoms with Crippen LogP contribution in [0.2, 0.25) is 0 Å². The normalized spacial score (nSPS) is 25.1. The molecule has 1 fully saturated rings. The molecule has 0 saturated heterocycles. The highest BCUT2D eigenvalue weighted by atomic mass is 32.1. The number of nitrogens with one attached hydrogen (secondary N) is 1. The molecule has 0 aromatic carbocycles. The van der Waals surface area contributed by atoms with Crippen LogP contribution in [0.15, 0.2) is 12.1 Å². The average Bonchev–Trinajstić information content (AvgIpc) is 2.81. The molecule has 0 spiro atoms. The Balaban J connectivity index is 2.13. The smallest absolute Gasteiger partial charge is 0.248 e. The second kappa shape index (κ2) is 5.02. The molecule has 0 amide bonds. The molecule has 2 atom stereocenters. The number of hydrogen-bond donors (Lipinski definition) is 1. The lowest BCUT2D eigenvalue weighted by Crippen LogP contribution is -2.27. The topological polar surface area (TPSA) is 12.0 Å². The molecule has 4 heteroatoms. The van der Waals surface area contributed by atoms with E-state index in [1.54, 1.807) is 11.3 Å². The van der Waals surface area contributed by atoms with E-state index in [1.165, 1.54) is 9.75 Å². The molecule has 96 valence electrons. The molecular weight excluding hydrogens is 240 g/mol. The third kappa shape index (κ3) is 3.05. The van der Waals surface area contributed by atoms with Gasteiger partial charge in [-0.1, -0.05) is 6.92 Å². The second-order valence-electron chi connectivity index (χ2n) is 4.84. The van der Waals surface area contributed by atoms with E-state index in [-0.39, 0.29) is 24.8 Å². The standard InChI is InChI=1S/C13H19F2NS/c1-3-16-12(11-5-4-9(2)17-11)10-6-7-13(14,15)8-10/h4-5,10,12,16H,3,6-8H2,1-2H3. The highest BCUT2D eigenvalue weighted by molar-refractivity contribution is 7.12. The molecular formula is C13H19F2NS. The highest BCUT2D eigenvalue weighted by Gasteiger charge is 2.42. The minimum Gasteiger partial charge on any atom is -0.309 e. The molecule has 1 aromatic rings. The fourth-order valence-electron chi connectivity index (χ4n) is 2.61. The number of alkyl halides is 2.